The van der Waals surface area contributed by atoms with Crippen molar-refractivity contribution in [2.45, 2.75) is 18.4 Å². The van der Waals surface area contributed by atoms with Gasteiger partial charge in [0.15, 0.2) is 0 Å². The molecule has 0 amide bonds. The van der Waals surface area contributed by atoms with Crippen LogP contribution in [0.3, 0.4) is 0 Å². The second-order valence-electron chi connectivity index (χ2n) is 5.74. The summed E-state index contributed by atoms with van der Waals surface area (Å²) in [7, 11) is 0. The molecule has 2 aromatic carbocycles. The van der Waals surface area contributed by atoms with Crippen LogP contribution in [0.4, 0.5) is 5.69 Å². The Kier molecular flexibility index (Phi) is 3.20. The fourth-order valence-electron chi connectivity index (χ4n) is 3.61. The number of hydrogen-bond donors (Lipinski definition) is 1. The molecule has 21 heavy (non-hydrogen) atoms. The minimum atomic E-state index is 0.289. The van der Waals surface area contributed by atoms with E-state index in [1.54, 1.807) is 0 Å². The van der Waals surface area contributed by atoms with E-state index < -0.39 is 0 Å². The third kappa shape index (κ3) is 2.16. The Labute approximate surface area is 134 Å². The van der Waals surface area contributed by atoms with Gasteiger partial charge in [0.25, 0.3) is 0 Å². The lowest BCUT2D eigenvalue weighted by Gasteiger charge is -2.38. The second kappa shape index (κ2) is 5.08. The van der Waals surface area contributed by atoms with Gasteiger partial charge in [0.1, 0.15) is 0 Å². The Morgan fingerprint density at radius 2 is 1.86 bits per heavy atom. The lowest BCUT2D eigenvalue weighted by Crippen LogP contribution is -2.29. The van der Waals surface area contributed by atoms with Crippen molar-refractivity contribution < 1.29 is 0 Å². The first-order chi connectivity index (χ1) is 10.2. The van der Waals surface area contributed by atoms with E-state index in [1.807, 2.05) is 12.1 Å². The lowest BCUT2D eigenvalue weighted by atomic mass is 9.77. The van der Waals surface area contributed by atoms with Crippen molar-refractivity contribution in [2.75, 3.05) is 5.32 Å². The van der Waals surface area contributed by atoms with E-state index in [9.17, 15) is 0 Å². The van der Waals surface area contributed by atoms with Crippen molar-refractivity contribution in [3.8, 4) is 0 Å². The highest BCUT2D eigenvalue weighted by atomic mass is 35.5. The van der Waals surface area contributed by atoms with Crippen molar-refractivity contribution in [2.24, 2.45) is 5.92 Å². The molecule has 0 unspecified atom stereocenters. The minimum Gasteiger partial charge on any atom is -0.376 e. The van der Waals surface area contributed by atoms with E-state index >= 15 is 0 Å². The van der Waals surface area contributed by atoms with Crippen molar-refractivity contribution in [3.05, 3.63) is 75.8 Å². The molecule has 0 fully saturated rings. The van der Waals surface area contributed by atoms with Crippen LogP contribution in [0.25, 0.3) is 0 Å². The van der Waals surface area contributed by atoms with Gasteiger partial charge in [0, 0.05) is 10.9 Å². The summed E-state index contributed by atoms with van der Waals surface area (Å²) < 4.78 is 0. The second-order valence-corrected chi connectivity index (χ2v) is 6.58. The molecule has 0 aromatic heterocycles. The number of rotatable bonds is 1. The van der Waals surface area contributed by atoms with E-state index in [4.69, 9.17) is 23.2 Å². The van der Waals surface area contributed by atoms with Gasteiger partial charge in [-0.25, -0.2) is 0 Å². The summed E-state index contributed by atoms with van der Waals surface area (Å²) in [4.78, 5) is 0. The predicted octanol–water partition coefficient (Wildman–Crippen LogP) is 5.82. The van der Waals surface area contributed by atoms with Crippen LogP contribution < -0.4 is 5.32 Å². The van der Waals surface area contributed by atoms with Crippen LogP contribution in [0.5, 0.6) is 0 Å². The molecule has 3 atom stereocenters. The summed E-state index contributed by atoms with van der Waals surface area (Å²) in [6.07, 6.45) is 5.66. The molecule has 0 spiro atoms. The molecule has 1 aliphatic heterocycles. The van der Waals surface area contributed by atoms with E-state index in [0.29, 0.717) is 21.9 Å². The topological polar surface area (TPSA) is 12.0 Å². The Balaban J connectivity index is 1.84. The standard InChI is InChI=1S/C18H15Cl2N/c19-12-9-15-13-7-4-8-14(13)17(11-5-2-1-3-6-11)21-18(15)16(20)10-12/h1-7,9-10,13-14,17,21H,8H2/t13-,14-,17+/m0/s1. The Morgan fingerprint density at radius 1 is 1.05 bits per heavy atom. The van der Waals surface area contributed by atoms with Crippen LogP contribution in [0.1, 0.15) is 29.5 Å². The van der Waals surface area contributed by atoms with Crippen LogP contribution in [-0.2, 0) is 0 Å². The monoisotopic (exact) mass is 315 g/mol. The fourth-order valence-corrected chi connectivity index (χ4v) is 4.18. The summed E-state index contributed by atoms with van der Waals surface area (Å²) in [6.45, 7) is 0. The first-order valence-corrected chi connectivity index (χ1v) is 7.97. The third-order valence-corrected chi connectivity index (χ3v) is 5.06. The van der Waals surface area contributed by atoms with Crippen LogP contribution in [0.15, 0.2) is 54.6 Å². The molecule has 1 aliphatic carbocycles. The zero-order chi connectivity index (χ0) is 14.4. The van der Waals surface area contributed by atoms with Gasteiger partial charge in [0.05, 0.1) is 16.8 Å². The highest BCUT2D eigenvalue weighted by Crippen LogP contribution is 2.52. The molecule has 2 aliphatic rings. The number of nitrogens with one attached hydrogen (secondary N) is 1. The van der Waals surface area contributed by atoms with Crippen molar-refractivity contribution in [1.82, 2.24) is 0 Å². The van der Waals surface area contributed by atoms with Gasteiger partial charge < -0.3 is 5.32 Å². The molecule has 0 saturated carbocycles. The molecule has 1 N–H and O–H groups in total. The summed E-state index contributed by atoms with van der Waals surface area (Å²) in [5, 5.41) is 5.06. The lowest BCUT2D eigenvalue weighted by molar-refractivity contribution is 0.425. The van der Waals surface area contributed by atoms with E-state index in [0.717, 1.165) is 12.1 Å². The highest BCUT2D eigenvalue weighted by Gasteiger charge is 2.38. The van der Waals surface area contributed by atoms with E-state index in [-0.39, 0.29) is 6.04 Å². The number of hydrogen-bond acceptors (Lipinski definition) is 1. The molecule has 0 saturated heterocycles. The van der Waals surface area contributed by atoms with E-state index in [1.165, 1.54) is 11.1 Å². The molecule has 106 valence electrons. The van der Waals surface area contributed by atoms with Crippen LogP contribution in [-0.4, -0.2) is 0 Å². The summed E-state index contributed by atoms with van der Waals surface area (Å²) in [6, 6.07) is 14.7. The molecule has 2 aromatic rings. The van der Waals surface area contributed by atoms with Gasteiger partial charge in [-0.1, -0.05) is 65.7 Å². The molecule has 1 heterocycles. The maximum atomic E-state index is 6.42. The molecule has 0 bridgehead atoms. The summed E-state index contributed by atoms with van der Waals surface area (Å²) in [5.41, 5.74) is 3.56. The van der Waals surface area contributed by atoms with Crippen molar-refractivity contribution in [3.63, 3.8) is 0 Å². The van der Waals surface area contributed by atoms with Crippen molar-refractivity contribution >= 4 is 28.9 Å². The summed E-state index contributed by atoms with van der Waals surface area (Å²) in [5.74, 6) is 0.914. The molecule has 3 heteroatoms. The maximum absolute atomic E-state index is 6.42. The fraction of sp³-hybridized carbons (Fsp3) is 0.222. The van der Waals surface area contributed by atoms with Gasteiger partial charge in [-0.15, -0.1) is 0 Å². The number of halogens is 2. The number of fused-ring (bicyclic) bond motifs is 3. The van der Waals surface area contributed by atoms with Crippen LogP contribution in [0.2, 0.25) is 10.0 Å². The summed E-state index contributed by atoms with van der Waals surface area (Å²) >= 11 is 12.6. The van der Waals surface area contributed by atoms with Gasteiger partial charge in [-0.3, -0.25) is 0 Å². The number of anilines is 1. The van der Waals surface area contributed by atoms with Crippen molar-refractivity contribution in [1.29, 1.82) is 0 Å². The van der Waals surface area contributed by atoms with Crippen LogP contribution >= 0.6 is 23.2 Å². The third-order valence-electron chi connectivity index (χ3n) is 4.54. The Hall–Kier alpha value is -1.44. The normalized spacial score (nSPS) is 26.1. The largest absolute Gasteiger partial charge is 0.376 e. The SMILES string of the molecule is Clc1cc(Cl)c2c(c1)[C@H]1C=CC[C@@H]1[C@@H](c1ccccc1)N2. The number of benzene rings is 2. The molecular weight excluding hydrogens is 301 g/mol. The van der Waals surface area contributed by atoms with Crippen LogP contribution in [0, 0.1) is 5.92 Å². The van der Waals surface area contributed by atoms with Gasteiger partial charge in [0.2, 0.25) is 0 Å². The predicted molar refractivity (Wildman–Crippen MR) is 89.3 cm³/mol. The smallest absolute Gasteiger partial charge is 0.0655 e. The van der Waals surface area contributed by atoms with Gasteiger partial charge in [-0.05, 0) is 35.6 Å². The van der Waals surface area contributed by atoms with E-state index in [2.05, 4.69) is 47.8 Å². The average Bonchev–Trinajstić information content (AvgIpc) is 2.97. The first kappa shape index (κ1) is 13.2. The van der Waals surface area contributed by atoms with Gasteiger partial charge in [-0.2, -0.15) is 0 Å². The quantitative estimate of drug-likeness (QED) is 0.654. The minimum absolute atomic E-state index is 0.289. The average molecular weight is 316 g/mol. The first-order valence-electron chi connectivity index (χ1n) is 7.21. The highest BCUT2D eigenvalue weighted by molar-refractivity contribution is 6.36. The Bertz CT molecular complexity index is 709. The van der Waals surface area contributed by atoms with Gasteiger partial charge >= 0.3 is 0 Å². The molecule has 1 nitrogen and oxygen atoms in total. The zero-order valence-electron chi connectivity index (χ0n) is 11.4. The zero-order valence-corrected chi connectivity index (χ0v) is 12.9. The number of allylic oxidation sites excluding steroid dienone is 2. The molecule has 4 rings (SSSR count). The maximum Gasteiger partial charge on any atom is 0.0655 e. The molecule has 0 radical (unpaired) electrons. The Morgan fingerprint density at radius 3 is 2.67 bits per heavy atom. The molecular formula is C18H15Cl2N.